The van der Waals surface area contributed by atoms with E-state index >= 15 is 0 Å². The molecule has 12 heavy (non-hydrogen) atoms. The zero-order chi connectivity index (χ0) is 9.40. The number of carbonyl (C=O) groups is 2. The molecule has 0 fully saturated rings. The first-order valence-electron chi connectivity index (χ1n) is 3.98. The third-order valence-electron chi connectivity index (χ3n) is 1.30. The molecule has 0 aromatic rings. The number of nitrogens with zero attached hydrogens (tertiary/aromatic N) is 1. The fraction of sp³-hybridized carbons (Fsp3) is 0.625. The molecule has 0 radical (unpaired) electrons. The monoisotopic (exact) mass is 170 g/mol. The summed E-state index contributed by atoms with van der Waals surface area (Å²) >= 11 is 0. The SMILES string of the molecule is CCCC=NC(=O)C(N)CC=O. The van der Waals surface area contributed by atoms with Crippen LogP contribution in [0, 0.1) is 0 Å². The molecule has 0 aliphatic rings. The zero-order valence-electron chi connectivity index (χ0n) is 7.19. The Morgan fingerprint density at radius 2 is 2.33 bits per heavy atom. The van der Waals surface area contributed by atoms with Crippen LogP contribution in [-0.2, 0) is 9.59 Å². The number of nitrogens with two attached hydrogens (primary N) is 1. The summed E-state index contributed by atoms with van der Waals surface area (Å²) in [7, 11) is 0. The average molecular weight is 170 g/mol. The van der Waals surface area contributed by atoms with Gasteiger partial charge in [0.25, 0.3) is 5.91 Å². The van der Waals surface area contributed by atoms with Gasteiger partial charge in [0.05, 0.1) is 6.04 Å². The highest BCUT2D eigenvalue weighted by Gasteiger charge is 2.09. The maximum absolute atomic E-state index is 10.9. The summed E-state index contributed by atoms with van der Waals surface area (Å²) in [5.74, 6) is -0.421. The second-order valence-corrected chi connectivity index (χ2v) is 2.45. The molecule has 1 unspecified atom stereocenters. The molecule has 2 N–H and O–H groups in total. The molecule has 1 atom stereocenters. The highest BCUT2D eigenvalue weighted by atomic mass is 16.1. The van der Waals surface area contributed by atoms with Crippen molar-refractivity contribution in [1.29, 1.82) is 0 Å². The number of aliphatic imine (C=N–C) groups is 1. The van der Waals surface area contributed by atoms with Gasteiger partial charge in [-0.05, 0) is 6.42 Å². The first-order chi connectivity index (χ1) is 5.72. The van der Waals surface area contributed by atoms with Crippen LogP contribution < -0.4 is 5.73 Å². The predicted molar refractivity (Wildman–Crippen MR) is 47.1 cm³/mol. The lowest BCUT2D eigenvalue weighted by Crippen LogP contribution is -2.29. The topological polar surface area (TPSA) is 72.5 Å². The van der Waals surface area contributed by atoms with Gasteiger partial charge in [-0.25, -0.2) is 4.99 Å². The van der Waals surface area contributed by atoms with E-state index in [-0.39, 0.29) is 6.42 Å². The molecule has 1 amide bonds. The van der Waals surface area contributed by atoms with Crippen molar-refractivity contribution in [2.45, 2.75) is 32.2 Å². The molecule has 4 nitrogen and oxygen atoms in total. The molecule has 0 aliphatic carbocycles. The molecule has 0 rings (SSSR count). The molecule has 0 heterocycles. The Morgan fingerprint density at radius 3 is 2.83 bits per heavy atom. The Kier molecular flexibility index (Phi) is 6.09. The highest BCUT2D eigenvalue weighted by Crippen LogP contribution is 1.89. The van der Waals surface area contributed by atoms with Gasteiger partial charge in [0, 0.05) is 12.6 Å². The van der Waals surface area contributed by atoms with Crippen LogP contribution in [0.2, 0.25) is 0 Å². The molecule has 4 heteroatoms. The summed E-state index contributed by atoms with van der Waals surface area (Å²) in [5.41, 5.74) is 5.32. The molecule has 0 saturated carbocycles. The van der Waals surface area contributed by atoms with Crippen LogP contribution in [0.4, 0.5) is 0 Å². The molecule has 0 bridgehead atoms. The van der Waals surface area contributed by atoms with E-state index in [1.54, 1.807) is 0 Å². The zero-order valence-corrected chi connectivity index (χ0v) is 7.19. The first kappa shape index (κ1) is 11.0. The molecule has 68 valence electrons. The molecule has 0 spiro atoms. The van der Waals surface area contributed by atoms with E-state index in [0.29, 0.717) is 6.29 Å². The van der Waals surface area contributed by atoms with E-state index in [0.717, 1.165) is 12.8 Å². The van der Waals surface area contributed by atoms with E-state index in [1.807, 2.05) is 6.92 Å². The van der Waals surface area contributed by atoms with Gasteiger partial charge in [-0.1, -0.05) is 13.3 Å². The summed E-state index contributed by atoms with van der Waals surface area (Å²) < 4.78 is 0. The summed E-state index contributed by atoms with van der Waals surface area (Å²) in [5, 5.41) is 0. The Morgan fingerprint density at radius 1 is 1.67 bits per heavy atom. The van der Waals surface area contributed by atoms with E-state index in [9.17, 15) is 9.59 Å². The smallest absolute Gasteiger partial charge is 0.262 e. The number of hydrogen-bond acceptors (Lipinski definition) is 3. The molecule has 0 aromatic carbocycles. The quantitative estimate of drug-likeness (QED) is 0.476. The normalized spacial score (nSPS) is 13.2. The van der Waals surface area contributed by atoms with Gasteiger partial charge in [-0.3, -0.25) is 4.79 Å². The maximum atomic E-state index is 10.9. The van der Waals surface area contributed by atoms with Crippen LogP contribution in [0.5, 0.6) is 0 Å². The van der Waals surface area contributed by atoms with Gasteiger partial charge in [-0.15, -0.1) is 0 Å². The Hall–Kier alpha value is -1.03. The summed E-state index contributed by atoms with van der Waals surface area (Å²) in [6, 6.07) is -0.768. The second kappa shape index (κ2) is 6.67. The van der Waals surface area contributed by atoms with Gasteiger partial charge in [0.1, 0.15) is 6.29 Å². The number of unbranched alkanes of at least 4 members (excludes halogenated alkanes) is 1. The highest BCUT2D eigenvalue weighted by molar-refractivity contribution is 5.90. The average Bonchev–Trinajstić information content (AvgIpc) is 2.05. The largest absolute Gasteiger partial charge is 0.319 e. The maximum Gasteiger partial charge on any atom is 0.262 e. The van der Waals surface area contributed by atoms with Crippen LogP contribution in [0.1, 0.15) is 26.2 Å². The number of rotatable bonds is 5. The van der Waals surface area contributed by atoms with Crippen molar-refractivity contribution in [2.24, 2.45) is 10.7 Å². The van der Waals surface area contributed by atoms with Gasteiger partial charge >= 0.3 is 0 Å². The fourth-order valence-corrected chi connectivity index (χ4v) is 0.584. The van der Waals surface area contributed by atoms with E-state index < -0.39 is 11.9 Å². The van der Waals surface area contributed by atoms with E-state index in [4.69, 9.17) is 5.73 Å². The molecule has 0 aromatic heterocycles. The third-order valence-corrected chi connectivity index (χ3v) is 1.30. The first-order valence-corrected chi connectivity index (χ1v) is 3.98. The minimum absolute atomic E-state index is 0.0439. The number of hydrogen-bond donors (Lipinski definition) is 1. The minimum atomic E-state index is -0.768. The fourth-order valence-electron chi connectivity index (χ4n) is 0.584. The Balaban J connectivity index is 3.77. The molecule has 0 saturated heterocycles. The van der Waals surface area contributed by atoms with Gasteiger partial charge in [0.2, 0.25) is 0 Å². The van der Waals surface area contributed by atoms with Crippen LogP contribution in [0.15, 0.2) is 4.99 Å². The van der Waals surface area contributed by atoms with Crippen LogP contribution in [0.3, 0.4) is 0 Å². The van der Waals surface area contributed by atoms with Crippen molar-refractivity contribution < 1.29 is 9.59 Å². The van der Waals surface area contributed by atoms with E-state index in [1.165, 1.54) is 6.21 Å². The standard InChI is InChI=1S/C8H14N2O2/c1-2-3-5-10-8(12)7(9)4-6-11/h5-7H,2-4,9H2,1H3. The Labute approximate surface area is 71.9 Å². The number of aldehydes is 1. The lowest BCUT2D eigenvalue weighted by molar-refractivity contribution is -0.120. The second-order valence-electron chi connectivity index (χ2n) is 2.45. The lowest BCUT2D eigenvalue weighted by Gasteiger charge is -1.99. The lowest BCUT2D eigenvalue weighted by atomic mass is 10.2. The molecular weight excluding hydrogens is 156 g/mol. The van der Waals surface area contributed by atoms with E-state index in [2.05, 4.69) is 4.99 Å². The van der Waals surface area contributed by atoms with Crippen molar-refractivity contribution >= 4 is 18.4 Å². The molecular formula is C8H14N2O2. The summed E-state index contributed by atoms with van der Waals surface area (Å²) in [6.45, 7) is 1.99. The summed E-state index contributed by atoms with van der Waals surface area (Å²) in [6.07, 6.45) is 3.91. The van der Waals surface area contributed by atoms with Crippen molar-refractivity contribution in [3.8, 4) is 0 Å². The molecule has 0 aliphatic heterocycles. The summed E-state index contributed by atoms with van der Waals surface area (Å²) in [4.78, 5) is 24.5. The Bertz CT molecular complexity index is 178. The van der Waals surface area contributed by atoms with Crippen LogP contribution >= 0.6 is 0 Å². The van der Waals surface area contributed by atoms with Crippen molar-refractivity contribution in [1.82, 2.24) is 0 Å². The van der Waals surface area contributed by atoms with Crippen molar-refractivity contribution in [3.63, 3.8) is 0 Å². The van der Waals surface area contributed by atoms with Gasteiger partial charge in [-0.2, -0.15) is 0 Å². The number of carbonyl (C=O) groups excluding carboxylic acids is 2. The van der Waals surface area contributed by atoms with Gasteiger partial charge in [0.15, 0.2) is 0 Å². The van der Waals surface area contributed by atoms with Crippen LogP contribution in [-0.4, -0.2) is 24.4 Å². The minimum Gasteiger partial charge on any atom is -0.319 e. The van der Waals surface area contributed by atoms with Gasteiger partial charge < -0.3 is 10.5 Å². The van der Waals surface area contributed by atoms with Crippen molar-refractivity contribution in [3.05, 3.63) is 0 Å². The number of amides is 1. The van der Waals surface area contributed by atoms with Crippen LogP contribution in [0.25, 0.3) is 0 Å². The van der Waals surface area contributed by atoms with Crippen molar-refractivity contribution in [2.75, 3.05) is 0 Å². The predicted octanol–water partition coefficient (Wildman–Crippen LogP) is 0.300. The third kappa shape index (κ3) is 4.73.